The largest absolute Gasteiger partial charge is 0.453 e. The van der Waals surface area contributed by atoms with E-state index in [2.05, 4.69) is 13.8 Å². The lowest BCUT2D eigenvalue weighted by Crippen LogP contribution is -2.36. The maximum atomic E-state index is 13.5. The van der Waals surface area contributed by atoms with E-state index in [-0.39, 0.29) is 24.3 Å². The Morgan fingerprint density at radius 2 is 1.86 bits per heavy atom. The van der Waals surface area contributed by atoms with E-state index in [1.165, 1.54) is 12.1 Å². The summed E-state index contributed by atoms with van der Waals surface area (Å²) in [5.74, 6) is -1.49. The zero-order valence-corrected chi connectivity index (χ0v) is 12.4. The molecule has 1 aliphatic rings. The zero-order chi connectivity index (χ0) is 15.6. The molecule has 1 amide bonds. The molecule has 0 aromatic heterocycles. The van der Waals surface area contributed by atoms with Crippen LogP contribution in [-0.2, 0) is 4.79 Å². The first-order chi connectivity index (χ1) is 9.88. The van der Waals surface area contributed by atoms with Crippen molar-refractivity contribution in [3.8, 4) is 5.75 Å². The minimum atomic E-state index is -0.781. The van der Waals surface area contributed by atoms with E-state index in [0.29, 0.717) is 5.92 Å². The van der Waals surface area contributed by atoms with Crippen molar-refractivity contribution in [3.05, 3.63) is 41.7 Å². The zero-order valence-electron chi connectivity index (χ0n) is 12.4. The number of benzene rings is 1. The van der Waals surface area contributed by atoms with Crippen molar-refractivity contribution in [2.45, 2.75) is 33.2 Å². The summed E-state index contributed by atoms with van der Waals surface area (Å²) in [5.41, 5.74) is 0. The number of para-hydroxylation sites is 1. The number of amides is 1. The topological polar surface area (TPSA) is 29.5 Å². The summed E-state index contributed by atoms with van der Waals surface area (Å²) in [4.78, 5) is 13.6. The van der Waals surface area contributed by atoms with Crippen LogP contribution in [0.5, 0.6) is 5.75 Å². The molecule has 1 aromatic rings. The highest BCUT2D eigenvalue weighted by molar-refractivity contribution is 5.91. The summed E-state index contributed by atoms with van der Waals surface area (Å²) in [6, 6.07) is 3.56. The van der Waals surface area contributed by atoms with Crippen LogP contribution in [0.4, 0.5) is 8.78 Å². The molecule has 0 saturated heterocycles. The molecule has 2 rings (SSSR count). The van der Waals surface area contributed by atoms with E-state index in [9.17, 15) is 13.6 Å². The Morgan fingerprint density at radius 3 is 2.43 bits per heavy atom. The Labute approximate surface area is 123 Å². The van der Waals surface area contributed by atoms with Crippen LogP contribution in [0.2, 0.25) is 0 Å². The van der Waals surface area contributed by atoms with Crippen LogP contribution in [0.25, 0.3) is 0 Å². The molecule has 0 bridgehead atoms. The van der Waals surface area contributed by atoms with Gasteiger partial charge in [-0.3, -0.25) is 4.79 Å². The lowest BCUT2D eigenvalue weighted by atomic mass is 10.0. The van der Waals surface area contributed by atoms with Gasteiger partial charge in [-0.05, 0) is 31.4 Å². The number of carbonyl (C=O) groups is 1. The first-order valence-corrected chi connectivity index (χ1v) is 7.01. The van der Waals surface area contributed by atoms with Crippen molar-refractivity contribution < 1.29 is 18.3 Å². The van der Waals surface area contributed by atoms with Crippen LogP contribution >= 0.6 is 0 Å². The Morgan fingerprint density at radius 1 is 1.24 bits per heavy atom. The van der Waals surface area contributed by atoms with Crippen LogP contribution in [0, 0.1) is 17.6 Å². The molecule has 0 saturated carbocycles. The predicted octanol–water partition coefficient (Wildman–Crippen LogP) is 3.50. The molecule has 1 unspecified atom stereocenters. The number of ether oxygens (including phenoxy) is 1. The second-order valence-corrected chi connectivity index (χ2v) is 5.71. The average molecular weight is 295 g/mol. The number of carbonyl (C=O) groups excluding carboxylic acids is 1. The lowest BCUT2D eigenvalue weighted by Gasteiger charge is -2.26. The van der Waals surface area contributed by atoms with E-state index in [0.717, 1.165) is 18.6 Å². The van der Waals surface area contributed by atoms with Gasteiger partial charge in [0.2, 0.25) is 0 Å². The Balaban J connectivity index is 2.07. The molecule has 5 heteroatoms. The Bertz CT molecular complexity index is 549. The summed E-state index contributed by atoms with van der Waals surface area (Å²) < 4.78 is 32.3. The fraction of sp³-hybridized carbons (Fsp3) is 0.438. The minimum absolute atomic E-state index is 0.0558. The van der Waals surface area contributed by atoms with Gasteiger partial charge in [-0.2, -0.15) is 0 Å². The van der Waals surface area contributed by atoms with Crippen molar-refractivity contribution in [2.24, 2.45) is 5.92 Å². The molecule has 0 radical (unpaired) electrons. The van der Waals surface area contributed by atoms with E-state index in [1.807, 2.05) is 6.92 Å². The Kier molecular flexibility index (Phi) is 4.60. The number of rotatable bonds is 5. The third-order valence-electron chi connectivity index (χ3n) is 3.39. The van der Waals surface area contributed by atoms with Crippen molar-refractivity contribution >= 4 is 5.91 Å². The fourth-order valence-corrected chi connectivity index (χ4v) is 2.47. The van der Waals surface area contributed by atoms with Gasteiger partial charge in [0.1, 0.15) is 5.76 Å². The first kappa shape index (κ1) is 15.5. The minimum Gasteiger partial charge on any atom is -0.453 e. The van der Waals surface area contributed by atoms with Gasteiger partial charge in [-0.1, -0.05) is 19.9 Å². The van der Waals surface area contributed by atoms with Gasteiger partial charge in [-0.15, -0.1) is 0 Å². The maximum absolute atomic E-state index is 13.5. The van der Waals surface area contributed by atoms with Crippen LogP contribution in [0.3, 0.4) is 0 Å². The summed E-state index contributed by atoms with van der Waals surface area (Å²) in [6.45, 7) is 6.35. The van der Waals surface area contributed by atoms with Crippen molar-refractivity contribution in [1.82, 2.24) is 4.90 Å². The highest BCUT2D eigenvalue weighted by atomic mass is 19.1. The smallest absolute Gasteiger partial charge is 0.250 e. The normalized spacial score (nSPS) is 16.4. The van der Waals surface area contributed by atoms with Crippen LogP contribution in [0.15, 0.2) is 30.0 Å². The monoisotopic (exact) mass is 295 g/mol. The van der Waals surface area contributed by atoms with Gasteiger partial charge in [0, 0.05) is 12.1 Å². The fourth-order valence-electron chi connectivity index (χ4n) is 2.47. The summed E-state index contributed by atoms with van der Waals surface area (Å²) >= 11 is 0. The lowest BCUT2D eigenvalue weighted by molar-refractivity contribution is -0.126. The second kappa shape index (κ2) is 6.24. The van der Waals surface area contributed by atoms with Gasteiger partial charge in [-0.25, -0.2) is 8.78 Å². The van der Waals surface area contributed by atoms with Gasteiger partial charge in [0.05, 0.1) is 6.54 Å². The predicted molar refractivity (Wildman–Crippen MR) is 75.7 cm³/mol. The molecular weight excluding hydrogens is 276 g/mol. The van der Waals surface area contributed by atoms with E-state index in [1.54, 1.807) is 4.90 Å². The number of halogens is 2. The molecule has 0 N–H and O–H groups in total. The van der Waals surface area contributed by atoms with Gasteiger partial charge < -0.3 is 9.64 Å². The van der Waals surface area contributed by atoms with Crippen LogP contribution < -0.4 is 4.74 Å². The summed E-state index contributed by atoms with van der Waals surface area (Å²) in [7, 11) is 0. The van der Waals surface area contributed by atoms with Gasteiger partial charge >= 0.3 is 0 Å². The van der Waals surface area contributed by atoms with Crippen LogP contribution in [-0.4, -0.2) is 23.4 Å². The highest BCUT2D eigenvalue weighted by Crippen LogP contribution is 2.26. The standard InChI is InChI=1S/C16H19F2NO2/c1-10(2)7-11(3)19-9-12(8-15(19)20)21-16-13(17)5-4-6-14(16)18/h4-6,8,10-11H,7,9H2,1-3H3. The van der Waals surface area contributed by atoms with Gasteiger partial charge in [0.15, 0.2) is 17.4 Å². The van der Waals surface area contributed by atoms with Gasteiger partial charge in [0.25, 0.3) is 5.91 Å². The first-order valence-electron chi connectivity index (χ1n) is 7.01. The summed E-state index contributed by atoms with van der Waals surface area (Å²) in [5, 5.41) is 0. The van der Waals surface area contributed by atoms with E-state index < -0.39 is 17.4 Å². The molecule has 21 heavy (non-hydrogen) atoms. The molecule has 1 aliphatic heterocycles. The third-order valence-corrected chi connectivity index (χ3v) is 3.39. The van der Waals surface area contributed by atoms with Crippen LogP contribution in [0.1, 0.15) is 27.2 Å². The number of hydrogen-bond acceptors (Lipinski definition) is 2. The molecular formula is C16H19F2NO2. The third kappa shape index (κ3) is 3.60. The molecule has 114 valence electrons. The van der Waals surface area contributed by atoms with Crippen molar-refractivity contribution in [2.75, 3.05) is 6.54 Å². The SMILES string of the molecule is CC(C)CC(C)N1CC(Oc2c(F)cccc2F)=CC1=O. The second-order valence-electron chi connectivity index (χ2n) is 5.71. The average Bonchev–Trinajstić information content (AvgIpc) is 2.74. The molecule has 3 nitrogen and oxygen atoms in total. The van der Waals surface area contributed by atoms with Crippen molar-refractivity contribution in [1.29, 1.82) is 0 Å². The quantitative estimate of drug-likeness (QED) is 0.832. The molecule has 1 aromatic carbocycles. The molecule has 1 atom stereocenters. The maximum Gasteiger partial charge on any atom is 0.250 e. The molecule has 0 fully saturated rings. The van der Waals surface area contributed by atoms with E-state index in [4.69, 9.17) is 4.74 Å². The highest BCUT2D eigenvalue weighted by Gasteiger charge is 2.28. The molecule has 0 spiro atoms. The summed E-state index contributed by atoms with van der Waals surface area (Å²) in [6.07, 6.45) is 2.16. The van der Waals surface area contributed by atoms with E-state index >= 15 is 0 Å². The number of nitrogens with zero attached hydrogens (tertiary/aromatic N) is 1. The Hall–Kier alpha value is -1.91. The number of hydrogen-bond donors (Lipinski definition) is 0. The molecule has 0 aliphatic carbocycles. The van der Waals surface area contributed by atoms with Crippen molar-refractivity contribution in [3.63, 3.8) is 0 Å². The molecule has 1 heterocycles.